The molecule has 3 aromatic heterocycles. The summed E-state index contributed by atoms with van der Waals surface area (Å²) in [5, 5.41) is 10.2. The van der Waals surface area contributed by atoms with Gasteiger partial charge in [0.1, 0.15) is 0 Å². The minimum absolute atomic E-state index is 0.0746. The van der Waals surface area contributed by atoms with E-state index in [1.165, 1.54) is 13.2 Å². The lowest BCUT2D eigenvalue weighted by Gasteiger charge is -2.39. The highest BCUT2D eigenvalue weighted by Crippen LogP contribution is 2.50. The van der Waals surface area contributed by atoms with Crippen LogP contribution in [-0.2, 0) is 4.79 Å². The number of hydrogen-bond acceptors (Lipinski definition) is 7. The second-order valence-electron chi connectivity index (χ2n) is 10.4. The summed E-state index contributed by atoms with van der Waals surface area (Å²) < 4.78 is 19.4. The van der Waals surface area contributed by atoms with E-state index in [1.54, 1.807) is 12.3 Å². The van der Waals surface area contributed by atoms with Gasteiger partial charge in [-0.3, -0.25) is 19.7 Å². The summed E-state index contributed by atoms with van der Waals surface area (Å²) in [6.45, 7) is 2.14. The Morgan fingerprint density at radius 3 is 2.84 bits per heavy atom. The summed E-state index contributed by atoms with van der Waals surface area (Å²) in [6.07, 6.45) is 8.57. The number of nitrogens with one attached hydrogen (secondary N) is 2. The third-order valence-electron chi connectivity index (χ3n) is 8.02. The number of rotatable bonds is 6. The first-order chi connectivity index (χ1) is 18.5. The van der Waals surface area contributed by atoms with Crippen LogP contribution in [0.4, 0.5) is 10.1 Å². The van der Waals surface area contributed by atoms with Crippen LogP contribution in [0.1, 0.15) is 42.6 Å². The lowest BCUT2D eigenvalue weighted by atomic mass is 9.87. The van der Waals surface area contributed by atoms with Crippen molar-refractivity contribution in [3.63, 3.8) is 0 Å². The van der Waals surface area contributed by atoms with Crippen molar-refractivity contribution >= 4 is 17.5 Å². The number of halogens is 1. The third kappa shape index (κ3) is 4.57. The quantitative estimate of drug-likeness (QED) is 0.514. The van der Waals surface area contributed by atoms with Crippen LogP contribution in [0.15, 0.2) is 42.9 Å². The maximum absolute atomic E-state index is 14.4. The zero-order valence-corrected chi connectivity index (χ0v) is 21.2. The molecule has 0 radical (unpaired) electrons. The predicted octanol–water partition coefficient (Wildman–Crippen LogP) is 2.79. The Kier molecular flexibility index (Phi) is 6.21. The number of H-pyrrole nitrogens is 1. The van der Waals surface area contributed by atoms with Crippen LogP contribution >= 0.6 is 0 Å². The van der Waals surface area contributed by atoms with Gasteiger partial charge in [-0.25, -0.2) is 9.37 Å². The number of carbonyl (C=O) groups excluding carboxylic acids is 2. The zero-order valence-electron chi connectivity index (χ0n) is 21.2. The average Bonchev–Trinajstić information content (AvgIpc) is 3.31. The SMILES string of the molecule is COc1cc(-c2cc(C(=O)N3CCC(C(=O)NC4CCN(c5cccnc5)C4)CC34CC4)n[nH]2)c(F)cn1. The number of aromatic amines is 1. The minimum Gasteiger partial charge on any atom is -0.481 e. The molecule has 2 amide bonds. The van der Waals surface area contributed by atoms with Crippen molar-refractivity contribution in [2.45, 2.75) is 43.7 Å². The molecule has 198 valence electrons. The molecule has 0 bridgehead atoms. The van der Waals surface area contributed by atoms with Gasteiger partial charge in [0.25, 0.3) is 5.91 Å². The predicted molar refractivity (Wildman–Crippen MR) is 137 cm³/mol. The third-order valence-corrected chi connectivity index (χ3v) is 8.02. The van der Waals surface area contributed by atoms with E-state index in [0.29, 0.717) is 25.1 Å². The monoisotopic (exact) mass is 519 g/mol. The van der Waals surface area contributed by atoms with Gasteiger partial charge in [-0.1, -0.05) is 0 Å². The number of ether oxygens (including phenoxy) is 1. The normalized spacial score (nSPS) is 21.9. The molecule has 6 rings (SSSR count). The van der Waals surface area contributed by atoms with Gasteiger partial charge in [-0.05, 0) is 50.3 Å². The number of hydrogen-bond donors (Lipinski definition) is 2. The molecule has 2 N–H and O–H groups in total. The van der Waals surface area contributed by atoms with Crippen molar-refractivity contribution < 1.29 is 18.7 Å². The summed E-state index contributed by atoms with van der Waals surface area (Å²) in [7, 11) is 1.45. The number of nitrogens with zero attached hydrogens (tertiary/aromatic N) is 5. The topological polar surface area (TPSA) is 116 Å². The molecule has 1 aliphatic carbocycles. The summed E-state index contributed by atoms with van der Waals surface area (Å²) in [5.41, 5.74) is 1.60. The fourth-order valence-corrected chi connectivity index (χ4v) is 5.77. The molecule has 3 fully saturated rings. The average molecular weight is 520 g/mol. The summed E-state index contributed by atoms with van der Waals surface area (Å²) in [4.78, 5) is 38.8. The molecular weight excluding hydrogens is 489 g/mol. The van der Waals surface area contributed by atoms with Gasteiger partial charge in [0.05, 0.1) is 30.9 Å². The lowest BCUT2D eigenvalue weighted by molar-refractivity contribution is -0.127. The van der Waals surface area contributed by atoms with Crippen molar-refractivity contribution in [2.75, 3.05) is 31.6 Å². The number of anilines is 1. The Morgan fingerprint density at radius 1 is 1.21 bits per heavy atom. The first-order valence-electron chi connectivity index (χ1n) is 13.0. The van der Waals surface area contributed by atoms with E-state index >= 15 is 0 Å². The number of methoxy groups -OCH3 is 1. The second-order valence-corrected chi connectivity index (χ2v) is 10.4. The van der Waals surface area contributed by atoms with Crippen LogP contribution < -0.4 is 15.0 Å². The van der Waals surface area contributed by atoms with Crippen molar-refractivity contribution in [1.29, 1.82) is 0 Å². The minimum atomic E-state index is -0.537. The maximum Gasteiger partial charge on any atom is 0.274 e. The number of amides is 2. The van der Waals surface area contributed by atoms with Crippen LogP contribution in [0.25, 0.3) is 11.3 Å². The number of carbonyl (C=O) groups is 2. The van der Waals surface area contributed by atoms with Gasteiger partial charge in [0.15, 0.2) is 11.5 Å². The molecule has 3 aliphatic rings. The van der Waals surface area contributed by atoms with Gasteiger partial charge < -0.3 is 19.9 Å². The highest BCUT2D eigenvalue weighted by molar-refractivity contribution is 5.94. The summed E-state index contributed by atoms with van der Waals surface area (Å²) in [6, 6.07) is 7.08. The van der Waals surface area contributed by atoms with Crippen molar-refractivity contribution in [3.8, 4) is 17.1 Å². The van der Waals surface area contributed by atoms with Gasteiger partial charge in [-0.15, -0.1) is 0 Å². The summed E-state index contributed by atoms with van der Waals surface area (Å²) >= 11 is 0. The van der Waals surface area contributed by atoms with E-state index in [9.17, 15) is 14.0 Å². The van der Waals surface area contributed by atoms with E-state index in [4.69, 9.17) is 4.74 Å². The largest absolute Gasteiger partial charge is 0.481 e. The highest BCUT2D eigenvalue weighted by atomic mass is 19.1. The molecule has 2 saturated heterocycles. The van der Waals surface area contributed by atoms with Gasteiger partial charge in [0, 0.05) is 55.0 Å². The van der Waals surface area contributed by atoms with Crippen LogP contribution in [0.2, 0.25) is 0 Å². The second kappa shape index (κ2) is 9.70. The van der Waals surface area contributed by atoms with E-state index in [0.717, 1.165) is 44.2 Å². The van der Waals surface area contributed by atoms with Crippen LogP contribution in [0.5, 0.6) is 5.88 Å². The van der Waals surface area contributed by atoms with Gasteiger partial charge in [0.2, 0.25) is 11.8 Å². The standard InChI is InChI=1S/C27H30FN7O3/c1-38-24-11-20(21(28)15-30-24)22-12-23(33-32-22)26(37)35-10-4-17(13-27(35)6-7-27)25(36)31-18-5-9-34(16-18)19-3-2-8-29-14-19/h2-3,8,11-12,14-15,17-18H,4-7,9-10,13,16H2,1H3,(H,31,36)(H,32,33). The maximum atomic E-state index is 14.4. The molecule has 11 heteroatoms. The van der Waals surface area contributed by atoms with Crippen LogP contribution in [-0.4, -0.2) is 75.2 Å². The number of piperidine rings is 1. The Balaban J connectivity index is 1.08. The Morgan fingerprint density at radius 2 is 2.08 bits per heavy atom. The molecule has 5 heterocycles. The molecule has 10 nitrogen and oxygen atoms in total. The van der Waals surface area contributed by atoms with Crippen molar-refractivity contribution in [1.82, 2.24) is 30.4 Å². The number of likely N-dealkylation sites (tertiary alicyclic amines) is 1. The van der Waals surface area contributed by atoms with E-state index in [-0.39, 0.29) is 46.5 Å². The highest BCUT2D eigenvalue weighted by Gasteiger charge is 2.54. The van der Waals surface area contributed by atoms with E-state index in [1.807, 2.05) is 23.2 Å². The number of pyridine rings is 2. The van der Waals surface area contributed by atoms with Gasteiger partial charge in [-0.2, -0.15) is 5.10 Å². The van der Waals surface area contributed by atoms with E-state index in [2.05, 4.69) is 30.4 Å². The Hall–Kier alpha value is -4.02. The molecular formula is C27H30FN7O3. The van der Waals surface area contributed by atoms with E-state index < -0.39 is 5.82 Å². The molecule has 2 unspecified atom stereocenters. The lowest BCUT2D eigenvalue weighted by Crippen LogP contribution is -2.52. The van der Waals surface area contributed by atoms with Crippen molar-refractivity contribution in [3.05, 3.63) is 54.4 Å². The molecule has 38 heavy (non-hydrogen) atoms. The Labute approximate surface area is 219 Å². The molecule has 2 aliphatic heterocycles. The molecule has 3 aromatic rings. The molecule has 1 saturated carbocycles. The zero-order chi connectivity index (χ0) is 26.3. The summed E-state index contributed by atoms with van der Waals surface area (Å²) in [5.74, 6) is -0.519. The first-order valence-corrected chi connectivity index (χ1v) is 13.0. The fourth-order valence-electron chi connectivity index (χ4n) is 5.77. The first kappa shape index (κ1) is 24.3. The van der Waals surface area contributed by atoms with Crippen molar-refractivity contribution in [2.24, 2.45) is 5.92 Å². The van der Waals surface area contributed by atoms with Crippen LogP contribution in [0, 0.1) is 11.7 Å². The fraction of sp³-hybridized carbons (Fsp3) is 0.444. The number of aromatic nitrogens is 4. The smallest absolute Gasteiger partial charge is 0.274 e. The van der Waals surface area contributed by atoms with Gasteiger partial charge >= 0.3 is 0 Å². The Bertz CT molecular complexity index is 1340. The van der Waals surface area contributed by atoms with Crippen LogP contribution in [0.3, 0.4) is 0 Å². The molecule has 0 aromatic carbocycles. The molecule has 1 spiro atoms. The molecule has 2 atom stereocenters.